The molecule has 4 heteroatoms. The van der Waals surface area contributed by atoms with Crippen molar-refractivity contribution in [3.63, 3.8) is 0 Å². The van der Waals surface area contributed by atoms with E-state index in [1.54, 1.807) is 0 Å². The fourth-order valence-electron chi connectivity index (χ4n) is 5.80. The fourth-order valence-corrected chi connectivity index (χ4v) is 5.80. The molecule has 4 nitrogen and oxygen atoms in total. The first-order valence-corrected chi connectivity index (χ1v) is 11.0. The lowest BCUT2D eigenvalue weighted by Gasteiger charge is -2.44. The molecule has 0 unspecified atom stereocenters. The third-order valence-corrected chi connectivity index (χ3v) is 7.26. The SMILES string of the molecule is O=C(NC1CCCCC1)[C@@H]1[C@@H](C(=O)NC2CCCCC2)[C@H]2C=C[C@@H]1CC2. The van der Waals surface area contributed by atoms with Crippen LogP contribution in [0.5, 0.6) is 0 Å². The molecule has 5 aliphatic rings. The number of nitrogens with one attached hydrogen (secondary N) is 2. The van der Waals surface area contributed by atoms with Gasteiger partial charge in [-0.05, 0) is 50.4 Å². The van der Waals surface area contributed by atoms with Gasteiger partial charge in [-0.1, -0.05) is 50.7 Å². The van der Waals surface area contributed by atoms with Crippen LogP contribution in [0.1, 0.15) is 77.0 Å². The van der Waals surface area contributed by atoms with E-state index in [0.717, 1.165) is 38.5 Å². The molecule has 0 spiro atoms. The van der Waals surface area contributed by atoms with Gasteiger partial charge in [0.25, 0.3) is 0 Å². The largest absolute Gasteiger partial charge is 0.353 e. The maximum absolute atomic E-state index is 13.1. The molecule has 0 aromatic rings. The van der Waals surface area contributed by atoms with E-state index in [4.69, 9.17) is 0 Å². The van der Waals surface area contributed by atoms with E-state index in [2.05, 4.69) is 22.8 Å². The molecule has 2 N–H and O–H groups in total. The van der Waals surface area contributed by atoms with Gasteiger partial charge in [0, 0.05) is 12.1 Å². The minimum atomic E-state index is -0.163. The van der Waals surface area contributed by atoms with Crippen LogP contribution in [0.25, 0.3) is 0 Å². The van der Waals surface area contributed by atoms with Gasteiger partial charge in [-0.3, -0.25) is 9.59 Å². The Morgan fingerprint density at radius 3 is 1.31 bits per heavy atom. The smallest absolute Gasteiger partial charge is 0.224 e. The number of hydrogen-bond donors (Lipinski definition) is 2. The lowest BCUT2D eigenvalue weighted by atomic mass is 9.61. The van der Waals surface area contributed by atoms with Gasteiger partial charge in [0.15, 0.2) is 0 Å². The number of fused-ring (bicyclic) bond motifs is 2. The summed E-state index contributed by atoms with van der Waals surface area (Å²) in [7, 11) is 0. The highest BCUT2D eigenvalue weighted by Crippen LogP contribution is 2.45. The Bertz CT molecular complexity index is 498. The summed E-state index contributed by atoms with van der Waals surface area (Å²) in [5.41, 5.74) is 0. The molecule has 2 bridgehead atoms. The highest BCUT2D eigenvalue weighted by atomic mass is 16.2. The minimum Gasteiger partial charge on any atom is -0.353 e. The number of carbonyl (C=O) groups is 2. The molecule has 4 atom stereocenters. The molecule has 0 heterocycles. The topological polar surface area (TPSA) is 58.2 Å². The van der Waals surface area contributed by atoms with Crippen LogP contribution in [0.3, 0.4) is 0 Å². The van der Waals surface area contributed by atoms with Crippen molar-refractivity contribution >= 4 is 11.8 Å². The van der Waals surface area contributed by atoms with E-state index in [1.165, 1.54) is 38.5 Å². The first kappa shape index (κ1) is 18.1. The summed E-state index contributed by atoms with van der Waals surface area (Å²) in [6, 6.07) is 0.644. The molecule has 0 radical (unpaired) electrons. The third-order valence-electron chi connectivity index (χ3n) is 7.26. The zero-order valence-corrected chi connectivity index (χ0v) is 15.9. The molecule has 0 saturated heterocycles. The van der Waals surface area contributed by atoms with E-state index >= 15 is 0 Å². The van der Waals surface area contributed by atoms with E-state index in [0.29, 0.717) is 12.1 Å². The number of allylic oxidation sites excluding steroid dienone is 2. The van der Waals surface area contributed by atoms with Crippen LogP contribution in [0.2, 0.25) is 0 Å². The normalized spacial score (nSPS) is 35.2. The molecule has 144 valence electrons. The lowest BCUT2D eigenvalue weighted by Crippen LogP contribution is -2.54. The second kappa shape index (κ2) is 8.14. The van der Waals surface area contributed by atoms with Gasteiger partial charge in [-0.15, -0.1) is 0 Å². The van der Waals surface area contributed by atoms with Crippen molar-refractivity contribution in [1.29, 1.82) is 0 Å². The van der Waals surface area contributed by atoms with Crippen LogP contribution in [-0.4, -0.2) is 23.9 Å². The van der Waals surface area contributed by atoms with Gasteiger partial charge < -0.3 is 10.6 Å². The van der Waals surface area contributed by atoms with Gasteiger partial charge in [0.05, 0.1) is 11.8 Å². The molecular weight excluding hydrogens is 324 g/mol. The first-order valence-electron chi connectivity index (χ1n) is 11.0. The summed E-state index contributed by atoms with van der Waals surface area (Å²) in [6.07, 6.45) is 18.4. The van der Waals surface area contributed by atoms with E-state index < -0.39 is 0 Å². The van der Waals surface area contributed by atoms with Crippen LogP contribution >= 0.6 is 0 Å². The molecule has 5 rings (SSSR count). The number of carbonyl (C=O) groups excluding carboxylic acids is 2. The Morgan fingerprint density at radius 2 is 0.962 bits per heavy atom. The average molecular weight is 359 g/mol. The van der Waals surface area contributed by atoms with Crippen LogP contribution in [0, 0.1) is 23.7 Å². The molecule has 3 fully saturated rings. The van der Waals surface area contributed by atoms with E-state index in [-0.39, 0.29) is 35.5 Å². The summed E-state index contributed by atoms with van der Waals surface area (Å²) in [5, 5.41) is 6.62. The van der Waals surface area contributed by atoms with Gasteiger partial charge in [0.1, 0.15) is 0 Å². The molecular formula is C22H34N2O2. The van der Waals surface area contributed by atoms with Crippen molar-refractivity contribution in [2.75, 3.05) is 0 Å². The van der Waals surface area contributed by atoms with Crippen molar-refractivity contribution in [1.82, 2.24) is 10.6 Å². The Balaban J connectivity index is 1.44. The second-order valence-electron chi connectivity index (χ2n) is 9.03. The summed E-state index contributed by atoms with van der Waals surface area (Å²) < 4.78 is 0. The van der Waals surface area contributed by atoms with Gasteiger partial charge in [0.2, 0.25) is 11.8 Å². The van der Waals surface area contributed by atoms with E-state index in [9.17, 15) is 9.59 Å². The summed E-state index contributed by atoms with van der Waals surface area (Å²) >= 11 is 0. The predicted molar refractivity (Wildman–Crippen MR) is 102 cm³/mol. The number of hydrogen-bond acceptors (Lipinski definition) is 2. The maximum atomic E-state index is 13.1. The Labute approximate surface area is 157 Å². The zero-order valence-electron chi connectivity index (χ0n) is 15.9. The van der Waals surface area contributed by atoms with Gasteiger partial charge in [-0.25, -0.2) is 0 Å². The highest BCUT2D eigenvalue weighted by molar-refractivity contribution is 5.89. The molecule has 0 aromatic heterocycles. The molecule has 0 aliphatic heterocycles. The summed E-state index contributed by atoms with van der Waals surface area (Å²) in [6.45, 7) is 0. The second-order valence-corrected chi connectivity index (χ2v) is 9.03. The quantitative estimate of drug-likeness (QED) is 0.753. The zero-order chi connectivity index (χ0) is 17.9. The van der Waals surface area contributed by atoms with Crippen LogP contribution < -0.4 is 10.6 Å². The van der Waals surface area contributed by atoms with Crippen LogP contribution in [0.4, 0.5) is 0 Å². The average Bonchev–Trinajstić information content (AvgIpc) is 2.69. The summed E-state index contributed by atoms with van der Waals surface area (Å²) in [4.78, 5) is 26.3. The predicted octanol–water partition coefficient (Wildman–Crippen LogP) is 3.71. The molecule has 2 amide bonds. The number of rotatable bonds is 4. The maximum Gasteiger partial charge on any atom is 0.224 e. The van der Waals surface area contributed by atoms with Crippen molar-refractivity contribution in [2.45, 2.75) is 89.1 Å². The molecule has 5 aliphatic carbocycles. The highest BCUT2D eigenvalue weighted by Gasteiger charge is 2.48. The van der Waals surface area contributed by atoms with Gasteiger partial charge >= 0.3 is 0 Å². The minimum absolute atomic E-state index is 0.139. The molecule has 3 saturated carbocycles. The Kier molecular flexibility index (Phi) is 5.66. The van der Waals surface area contributed by atoms with Crippen molar-refractivity contribution in [2.24, 2.45) is 23.7 Å². The number of amides is 2. The van der Waals surface area contributed by atoms with Crippen molar-refractivity contribution in [3.05, 3.63) is 12.2 Å². The molecule has 0 aromatic carbocycles. The third kappa shape index (κ3) is 3.84. The lowest BCUT2D eigenvalue weighted by molar-refractivity contribution is -0.141. The fraction of sp³-hybridized carbons (Fsp3) is 0.818. The Hall–Kier alpha value is -1.32. The van der Waals surface area contributed by atoms with Crippen molar-refractivity contribution in [3.8, 4) is 0 Å². The first-order chi connectivity index (χ1) is 12.7. The van der Waals surface area contributed by atoms with Crippen molar-refractivity contribution < 1.29 is 9.59 Å². The van der Waals surface area contributed by atoms with Crippen LogP contribution in [0.15, 0.2) is 12.2 Å². The summed E-state index contributed by atoms with van der Waals surface area (Å²) in [5.74, 6) is 0.435. The monoisotopic (exact) mass is 358 g/mol. The van der Waals surface area contributed by atoms with Gasteiger partial charge in [-0.2, -0.15) is 0 Å². The van der Waals surface area contributed by atoms with Crippen LogP contribution in [-0.2, 0) is 9.59 Å². The standard InChI is InChI=1S/C22H34N2O2/c25-21(23-17-7-3-1-4-8-17)19-15-11-13-16(14-12-15)20(19)22(26)24-18-9-5-2-6-10-18/h11,13,15-20H,1-10,12,14H2,(H,23,25)(H,24,26)/t15-,16+,19-,20-/m0/s1. The van der Waals surface area contributed by atoms with E-state index in [1.807, 2.05) is 0 Å². The Morgan fingerprint density at radius 1 is 0.577 bits per heavy atom. The molecule has 26 heavy (non-hydrogen) atoms.